The number of benzene rings is 1. The lowest BCUT2D eigenvalue weighted by atomic mass is 10.00. The van der Waals surface area contributed by atoms with E-state index in [1.807, 2.05) is 0 Å². The molecule has 1 aromatic carbocycles. The lowest BCUT2D eigenvalue weighted by Gasteiger charge is -2.31. The number of hydrogen-bond acceptors (Lipinski definition) is 2. The monoisotopic (exact) mass is 333 g/mol. The van der Waals surface area contributed by atoms with Crippen LogP contribution in [-0.4, -0.2) is 18.8 Å². The van der Waals surface area contributed by atoms with E-state index in [0.717, 1.165) is 31.7 Å². The Morgan fingerprint density at radius 2 is 2.21 bits per heavy atom. The highest BCUT2D eigenvalue weighted by Gasteiger charge is 2.23. The van der Waals surface area contributed by atoms with E-state index in [1.165, 1.54) is 6.07 Å². The third kappa shape index (κ3) is 3.89. The SMILES string of the molecule is CCCC1CC(Nc2c(F)cc(F)cc2Br)CCO1. The van der Waals surface area contributed by atoms with Crippen molar-refractivity contribution >= 4 is 21.6 Å². The summed E-state index contributed by atoms with van der Waals surface area (Å²) in [6.07, 6.45) is 4.02. The highest BCUT2D eigenvalue weighted by molar-refractivity contribution is 9.10. The maximum atomic E-state index is 13.7. The molecule has 2 atom stereocenters. The van der Waals surface area contributed by atoms with Crippen molar-refractivity contribution in [3.05, 3.63) is 28.2 Å². The summed E-state index contributed by atoms with van der Waals surface area (Å²) in [5.74, 6) is -1.14. The number of hydrogen-bond donors (Lipinski definition) is 1. The third-order valence-electron chi connectivity index (χ3n) is 3.33. The van der Waals surface area contributed by atoms with Gasteiger partial charge in [-0.1, -0.05) is 13.3 Å². The molecule has 106 valence electrons. The minimum Gasteiger partial charge on any atom is -0.379 e. The van der Waals surface area contributed by atoms with E-state index in [9.17, 15) is 8.78 Å². The van der Waals surface area contributed by atoms with Crippen LogP contribution in [0.3, 0.4) is 0 Å². The molecular formula is C14H18BrF2NO. The second-order valence-electron chi connectivity index (χ2n) is 4.89. The van der Waals surface area contributed by atoms with Crippen molar-refractivity contribution < 1.29 is 13.5 Å². The predicted molar refractivity (Wildman–Crippen MR) is 75.4 cm³/mol. The summed E-state index contributed by atoms with van der Waals surface area (Å²) in [6.45, 7) is 2.80. The van der Waals surface area contributed by atoms with E-state index in [4.69, 9.17) is 4.74 Å². The molecule has 5 heteroatoms. The van der Waals surface area contributed by atoms with Crippen LogP contribution in [0.1, 0.15) is 32.6 Å². The normalized spacial score (nSPS) is 23.4. The molecule has 1 saturated heterocycles. The Hall–Kier alpha value is -0.680. The Morgan fingerprint density at radius 3 is 2.89 bits per heavy atom. The summed E-state index contributed by atoms with van der Waals surface area (Å²) in [5.41, 5.74) is 0.337. The van der Waals surface area contributed by atoms with Gasteiger partial charge < -0.3 is 10.1 Å². The quantitative estimate of drug-likeness (QED) is 0.876. The fourth-order valence-electron chi connectivity index (χ4n) is 2.42. The molecule has 1 N–H and O–H groups in total. The second-order valence-corrected chi connectivity index (χ2v) is 5.75. The van der Waals surface area contributed by atoms with Crippen molar-refractivity contribution in [1.82, 2.24) is 0 Å². The highest BCUT2D eigenvalue weighted by atomic mass is 79.9. The molecule has 0 aliphatic carbocycles. The lowest BCUT2D eigenvalue weighted by Crippen LogP contribution is -2.34. The largest absolute Gasteiger partial charge is 0.379 e. The van der Waals surface area contributed by atoms with Crippen molar-refractivity contribution in [2.45, 2.75) is 44.8 Å². The standard InChI is InChI=1S/C14H18BrF2NO/c1-2-3-11-8-10(4-5-19-11)18-14-12(15)6-9(16)7-13(14)17/h6-7,10-11,18H,2-5,8H2,1H3. The Morgan fingerprint density at radius 1 is 1.42 bits per heavy atom. The van der Waals surface area contributed by atoms with Gasteiger partial charge in [-0.3, -0.25) is 0 Å². The molecule has 1 aromatic rings. The second kappa shape index (κ2) is 6.66. The average molecular weight is 334 g/mol. The van der Waals surface area contributed by atoms with Gasteiger partial charge in [-0.2, -0.15) is 0 Å². The molecule has 2 rings (SSSR count). The van der Waals surface area contributed by atoms with Crippen LogP contribution in [-0.2, 0) is 4.74 Å². The Kier molecular flexibility index (Phi) is 5.16. The topological polar surface area (TPSA) is 21.3 Å². The van der Waals surface area contributed by atoms with E-state index in [2.05, 4.69) is 28.2 Å². The molecule has 1 heterocycles. The van der Waals surface area contributed by atoms with Crippen LogP contribution in [0.5, 0.6) is 0 Å². The highest BCUT2D eigenvalue weighted by Crippen LogP contribution is 2.30. The number of nitrogens with one attached hydrogen (secondary N) is 1. The molecule has 1 aliphatic rings. The minimum atomic E-state index is -0.578. The molecule has 19 heavy (non-hydrogen) atoms. The zero-order valence-corrected chi connectivity index (χ0v) is 12.5. The first-order valence-electron chi connectivity index (χ1n) is 6.62. The van der Waals surface area contributed by atoms with Crippen LogP contribution < -0.4 is 5.32 Å². The summed E-state index contributed by atoms with van der Waals surface area (Å²) in [7, 11) is 0. The van der Waals surface area contributed by atoms with Gasteiger partial charge in [-0.15, -0.1) is 0 Å². The van der Waals surface area contributed by atoms with Gasteiger partial charge in [0.2, 0.25) is 0 Å². The minimum absolute atomic E-state index is 0.168. The first-order chi connectivity index (χ1) is 9.10. The molecule has 0 radical (unpaired) electrons. The third-order valence-corrected chi connectivity index (χ3v) is 3.96. The van der Waals surface area contributed by atoms with E-state index >= 15 is 0 Å². The van der Waals surface area contributed by atoms with Crippen LogP contribution in [0.25, 0.3) is 0 Å². The average Bonchev–Trinajstić information content (AvgIpc) is 2.35. The summed E-state index contributed by atoms with van der Waals surface area (Å²) >= 11 is 3.20. The molecule has 0 spiro atoms. The van der Waals surface area contributed by atoms with Crippen LogP contribution in [0, 0.1) is 11.6 Å². The van der Waals surface area contributed by atoms with Gasteiger partial charge in [0.05, 0.1) is 11.8 Å². The van der Waals surface area contributed by atoms with E-state index < -0.39 is 11.6 Å². The molecule has 0 bridgehead atoms. The molecular weight excluding hydrogens is 316 g/mol. The lowest BCUT2D eigenvalue weighted by molar-refractivity contribution is 0.00592. The molecule has 2 unspecified atom stereocenters. The molecule has 2 nitrogen and oxygen atoms in total. The van der Waals surface area contributed by atoms with Gasteiger partial charge in [-0.25, -0.2) is 8.78 Å². The van der Waals surface area contributed by atoms with Gasteiger partial charge in [-0.05, 0) is 41.3 Å². The van der Waals surface area contributed by atoms with Crippen molar-refractivity contribution in [2.24, 2.45) is 0 Å². The first kappa shape index (κ1) is 14.7. The predicted octanol–water partition coefficient (Wildman–Crippen LogP) is 4.49. The molecule has 0 aromatic heterocycles. The zero-order chi connectivity index (χ0) is 13.8. The Labute approximate surface area is 120 Å². The van der Waals surface area contributed by atoms with E-state index in [-0.39, 0.29) is 12.1 Å². The van der Waals surface area contributed by atoms with Gasteiger partial charge in [0.15, 0.2) is 0 Å². The summed E-state index contributed by atoms with van der Waals surface area (Å²) in [6, 6.07) is 2.34. The van der Waals surface area contributed by atoms with Crippen LogP contribution in [0.2, 0.25) is 0 Å². The van der Waals surface area contributed by atoms with Crippen LogP contribution in [0.4, 0.5) is 14.5 Å². The number of halogens is 3. The fourth-order valence-corrected chi connectivity index (χ4v) is 2.94. The van der Waals surface area contributed by atoms with Crippen molar-refractivity contribution in [3.63, 3.8) is 0 Å². The van der Waals surface area contributed by atoms with E-state index in [1.54, 1.807) is 0 Å². The summed E-state index contributed by atoms with van der Waals surface area (Å²) < 4.78 is 32.9. The maximum absolute atomic E-state index is 13.7. The maximum Gasteiger partial charge on any atom is 0.150 e. The van der Waals surface area contributed by atoms with Crippen LogP contribution >= 0.6 is 15.9 Å². The fraction of sp³-hybridized carbons (Fsp3) is 0.571. The Bertz CT molecular complexity index is 416. The van der Waals surface area contributed by atoms with Crippen LogP contribution in [0.15, 0.2) is 16.6 Å². The number of anilines is 1. The first-order valence-corrected chi connectivity index (χ1v) is 7.42. The molecule has 0 saturated carbocycles. The van der Waals surface area contributed by atoms with Gasteiger partial charge in [0.25, 0.3) is 0 Å². The molecule has 1 aliphatic heterocycles. The smallest absolute Gasteiger partial charge is 0.150 e. The zero-order valence-electron chi connectivity index (χ0n) is 10.9. The van der Waals surface area contributed by atoms with Gasteiger partial charge in [0.1, 0.15) is 11.6 Å². The van der Waals surface area contributed by atoms with E-state index in [0.29, 0.717) is 16.8 Å². The van der Waals surface area contributed by atoms with Crippen molar-refractivity contribution in [3.8, 4) is 0 Å². The summed E-state index contributed by atoms with van der Waals surface area (Å²) in [5, 5.41) is 3.16. The summed E-state index contributed by atoms with van der Waals surface area (Å²) in [4.78, 5) is 0. The number of ether oxygens (including phenoxy) is 1. The van der Waals surface area contributed by atoms with Gasteiger partial charge in [0, 0.05) is 23.2 Å². The van der Waals surface area contributed by atoms with Gasteiger partial charge >= 0.3 is 0 Å². The Balaban J connectivity index is 2.04. The van der Waals surface area contributed by atoms with Crippen molar-refractivity contribution in [1.29, 1.82) is 0 Å². The number of rotatable bonds is 4. The molecule has 0 amide bonds. The molecule has 1 fully saturated rings. The van der Waals surface area contributed by atoms with Crippen molar-refractivity contribution in [2.75, 3.05) is 11.9 Å².